The second kappa shape index (κ2) is 9.50. The number of rotatable bonds is 7. The molecule has 0 aliphatic heterocycles. The highest BCUT2D eigenvalue weighted by Crippen LogP contribution is 2.39. The predicted octanol–water partition coefficient (Wildman–Crippen LogP) is 1.69. The molecule has 0 spiro atoms. The quantitative estimate of drug-likeness (QED) is 0.148. The lowest BCUT2D eigenvalue weighted by Gasteiger charge is -2.20. The molecule has 0 amide bonds. The number of halogens is 2. The van der Waals surface area contributed by atoms with Gasteiger partial charge in [-0.1, -0.05) is 12.1 Å². The molecule has 0 radical (unpaired) electrons. The van der Waals surface area contributed by atoms with Crippen LogP contribution in [-0.2, 0) is 11.1 Å². The summed E-state index contributed by atoms with van der Waals surface area (Å²) in [5.41, 5.74) is -1.53. The van der Waals surface area contributed by atoms with Gasteiger partial charge in [0, 0.05) is 24.7 Å². The van der Waals surface area contributed by atoms with Gasteiger partial charge in [0.15, 0.2) is 0 Å². The Kier molecular flexibility index (Phi) is 7.47. The molecule has 0 aliphatic rings. The first kappa shape index (κ1) is 24.4. The van der Waals surface area contributed by atoms with Gasteiger partial charge in [-0.05, 0) is 23.3 Å². The summed E-state index contributed by atoms with van der Waals surface area (Å²) in [7, 11) is -4.48. The fourth-order valence-electron chi connectivity index (χ4n) is 2.98. The molecular weight excluding hydrogens is 458 g/mol. The maximum absolute atomic E-state index is 13.2. The molecular formula is C17H17ClFN4O7P. The average Bonchev–Trinajstić information content (AvgIpc) is 2.65. The highest BCUT2D eigenvalue weighted by atomic mass is 35.5. The van der Waals surface area contributed by atoms with Gasteiger partial charge in [0.05, 0.1) is 22.1 Å². The number of non-ortho nitro benzene ring substituents is 1. The van der Waals surface area contributed by atoms with Crippen LogP contribution < -0.4 is 16.4 Å². The van der Waals surface area contributed by atoms with Crippen LogP contribution in [0.15, 0.2) is 46.0 Å². The van der Waals surface area contributed by atoms with Gasteiger partial charge in [0.1, 0.15) is 5.82 Å². The molecule has 1 heterocycles. The smallest absolute Gasteiger partial charge is 0.324 e. The third-order valence-corrected chi connectivity index (χ3v) is 5.18. The van der Waals surface area contributed by atoms with Crippen molar-refractivity contribution < 1.29 is 23.7 Å². The van der Waals surface area contributed by atoms with E-state index in [1.807, 2.05) is 0 Å². The molecule has 14 heteroatoms. The van der Waals surface area contributed by atoms with Gasteiger partial charge in [-0.2, -0.15) is 0 Å². The molecule has 31 heavy (non-hydrogen) atoms. The molecule has 1 unspecified atom stereocenters. The minimum Gasteiger partial charge on any atom is -0.324 e. The minimum atomic E-state index is -4.48. The number of nitrogens with one attached hydrogen (secondary N) is 3. The van der Waals surface area contributed by atoms with Gasteiger partial charge in [-0.15, -0.1) is 12.4 Å². The zero-order chi connectivity index (χ0) is 22.1. The molecule has 3 rings (SSSR count). The Morgan fingerprint density at radius 2 is 1.74 bits per heavy atom. The van der Waals surface area contributed by atoms with Crippen LogP contribution in [0.3, 0.4) is 0 Å². The Morgan fingerprint density at radius 1 is 1.13 bits per heavy atom. The van der Waals surface area contributed by atoms with Crippen molar-refractivity contribution in [1.29, 1.82) is 0 Å². The van der Waals surface area contributed by atoms with E-state index >= 15 is 0 Å². The van der Waals surface area contributed by atoms with E-state index < -0.39 is 41.7 Å². The summed E-state index contributed by atoms with van der Waals surface area (Å²) in [4.78, 5) is 57.1. The topological polar surface area (TPSA) is 178 Å². The van der Waals surface area contributed by atoms with E-state index in [0.29, 0.717) is 5.56 Å². The van der Waals surface area contributed by atoms with E-state index in [1.54, 1.807) is 0 Å². The highest BCUT2D eigenvalue weighted by Gasteiger charge is 2.23. The van der Waals surface area contributed by atoms with Crippen LogP contribution in [0.4, 0.5) is 10.1 Å². The molecule has 0 aliphatic carbocycles. The maximum Gasteiger partial charge on any atom is 0.327 e. The van der Waals surface area contributed by atoms with Crippen molar-refractivity contribution in [3.05, 3.63) is 84.2 Å². The lowest BCUT2D eigenvalue weighted by Crippen LogP contribution is -2.30. The number of hydrogen-bond acceptors (Lipinski definition) is 6. The number of fused-ring (bicyclic) bond motifs is 1. The van der Waals surface area contributed by atoms with Gasteiger partial charge < -0.3 is 25.1 Å². The summed E-state index contributed by atoms with van der Waals surface area (Å²) in [6, 6.07) is 6.31. The summed E-state index contributed by atoms with van der Waals surface area (Å²) in [6.45, 7) is -0.151. The van der Waals surface area contributed by atoms with Crippen molar-refractivity contribution in [1.82, 2.24) is 15.3 Å². The van der Waals surface area contributed by atoms with Crippen LogP contribution in [-0.4, -0.2) is 30.8 Å². The molecule has 1 aromatic heterocycles. The van der Waals surface area contributed by atoms with E-state index in [0.717, 1.165) is 18.2 Å². The number of hydrogen-bond donors (Lipinski definition) is 5. The molecule has 2 aromatic carbocycles. The van der Waals surface area contributed by atoms with E-state index in [4.69, 9.17) is 0 Å². The molecule has 11 nitrogen and oxygen atoms in total. The number of H-pyrrole nitrogens is 2. The first-order valence-corrected chi connectivity index (χ1v) is 10.3. The Labute approximate surface area is 179 Å². The third kappa shape index (κ3) is 6.06. The first-order valence-electron chi connectivity index (χ1n) is 8.50. The molecule has 0 fully saturated rings. The average molecular weight is 475 g/mol. The van der Waals surface area contributed by atoms with E-state index in [2.05, 4.69) is 15.3 Å². The second-order valence-electron chi connectivity index (χ2n) is 6.53. The fourth-order valence-corrected chi connectivity index (χ4v) is 3.80. The van der Waals surface area contributed by atoms with Crippen molar-refractivity contribution in [2.75, 3.05) is 6.16 Å². The lowest BCUT2D eigenvalue weighted by molar-refractivity contribution is -0.384. The van der Waals surface area contributed by atoms with Crippen LogP contribution >= 0.6 is 20.0 Å². The largest absolute Gasteiger partial charge is 0.327 e. The number of nitrogens with zero attached hydrogens (tertiary/aromatic N) is 1. The molecule has 0 bridgehead atoms. The van der Waals surface area contributed by atoms with Gasteiger partial charge in [0.25, 0.3) is 5.69 Å². The SMILES string of the molecule is Cl.O=c1[nH]c2cc([N+](=O)[O-])cc(CNC(CP(=O)(O)O)c3ccc(F)cc3)c2[nH]c1=O. The van der Waals surface area contributed by atoms with Crippen LogP contribution in [0.25, 0.3) is 11.0 Å². The number of nitro groups is 1. The van der Waals surface area contributed by atoms with Crippen LogP contribution in [0.2, 0.25) is 0 Å². The Morgan fingerprint density at radius 3 is 2.32 bits per heavy atom. The summed E-state index contributed by atoms with van der Waals surface area (Å²) in [6.07, 6.45) is -0.612. The Hall–Kier alpha value is -2.89. The van der Waals surface area contributed by atoms with Gasteiger partial charge in [-0.3, -0.25) is 24.3 Å². The van der Waals surface area contributed by atoms with Crippen LogP contribution in [0.1, 0.15) is 17.2 Å². The number of aromatic amines is 2. The monoisotopic (exact) mass is 474 g/mol. The van der Waals surface area contributed by atoms with E-state index in [9.17, 15) is 38.4 Å². The first-order chi connectivity index (χ1) is 14.0. The van der Waals surface area contributed by atoms with Gasteiger partial charge >= 0.3 is 18.7 Å². The third-order valence-electron chi connectivity index (χ3n) is 4.34. The summed E-state index contributed by atoms with van der Waals surface area (Å²) in [5.74, 6) is -0.528. The molecule has 1 atom stereocenters. The molecule has 166 valence electrons. The standard InChI is InChI=1S/C17H16FN4O7P.ClH/c18-11-3-1-9(2-4-11)14(8-30(27,28)29)19-7-10-5-12(22(25)26)6-13-15(10)21-17(24)16(23)20-13;/h1-6,14,19H,7-8H2,(H,20,23)(H,21,24)(H2,27,28,29);1H. The normalized spacial score (nSPS) is 12.4. The van der Waals surface area contributed by atoms with Gasteiger partial charge in [0.2, 0.25) is 0 Å². The summed E-state index contributed by atoms with van der Waals surface area (Å²) < 4.78 is 24.7. The van der Waals surface area contributed by atoms with Crippen molar-refractivity contribution in [2.24, 2.45) is 0 Å². The molecule has 0 saturated carbocycles. The van der Waals surface area contributed by atoms with Crippen molar-refractivity contribution in [3.8, 4) is 0 Å². The van der Waals surface area contributed by atoms with Crippen LogP contribution in [0.5, 0.6) is 0 Å². The minimum absolute atomic E-state index is 0. The lowest BCUT2D eigenvalue weighted by atomic mass is 10.1. The second-order valence-corrected chi connectivity index (χ2v) is 8.22. The van der Waals surface area contributed by atoms with Crippen molar-refractivity contribution >= 4 is 36.7 Å². The number of aromatic nitrogens is 2. The van der Waals surface area contributed by atoms with E-state index in [-0.39, 0.29) is 41.2 Å². The van der Waals surface area contributed by atoms with Crippen molar-refractivity contribution in [3.63, 3.8) is 0 Å². The Bertz CT molecular complexity index is 1270. The Balaban J connectivity index is 0.00000341. The molecule has 0 saturated heterocycles. The zero-order valence-electron chi connectivity index (χ0n) is 15.6. The summed E-state index contributed by atoms with van der Waals surface area (Å²) >= 11 is 0. The van der Waals surface area contributed by atoms with Crippen molar-refractivity contribution in [2.45, 2.75) is 12.6 Å². The summed E-state index contributed by atoms with van der Waals surface area (Å²) in [5, 5.41) is 14.1. The van der Waals surface area contributed by atoms with Gasteiger partial charge in [-0.25, -0.2) is 4.39 Å². The predicted molar refractivity (Wildman–Crippen MR) is 112 cm³/mol. The number of nitro benzene ring substituents is 1. The zero-order valence-corrected chi connectivity index (χ0v) is 17.3. The maximum atomic E-state index is 13.2. The van der Waals surface area contributed by atoms with E-state index in [1.165, 1.54) is 18.2 Å². The molecule has 3 aromatic rings. The fraction of sp³-hybridized carbons (Fsp3) is 0.176. The molecule has 5 N–H and O–H groups in total. The highest BCUT2D eigenvalue weighted by molar-refractivity contribution is 7.51. The number of benzene rings is 2. The van der Waals surface area contributed by atoms with Crippen LogP contribution in [0, 0.1) is 15.9 Å².